The van der Waals surface area contributed by atoms with Crippen molar-refractivity contribution in [2.24, 2.45) is 5.73 Å². The Morgan fingerprint density at radius 2 is 1.24 bits per heavy atom. The summed E-state index contributed by atoms with van der Waals surface area (Å²) in [5.41, 5.74) is 10.2. The third-order valence-electron chi connectivity index (χ3n) is 14.9. The van der Waals surface area contributed by atoms with Crippen molar-refractivity contribution in [3.05, 3.63) is 172 Å². The van der Waals surface area contributed by atoms with Gasteiger partial charge in [-0.2, -0.15) is 0 Å². The molecule has 20 nitrogen and oxygen atoms in total. The summed E-state index contributed by atoms with van der Waals surface area (Å²) in [5, 5.41) is 21.9. The molecule has 0 bridgehead atoms. The van der Waals surface area contributed by atoms with Crippen molar-refractivity contribution < 1.29 is 43.0 Å². The van der Waals surface area contributed by atoms with Crippen molar-refractivity contribution in [2.75, 3.05) is 52.4 Å². The first-order chi connectivity index (χ1) is 39.8. The average Bonchev–Trinajstić information content (AvgIpc) is 4.29. The predicted octanol–water partition coefficient (Wildman–Crippen LogP) is 3.06. The number of nitrogens with one attached hydrogen (secondary N) is 8. The molecule has 3 fully saturated rings. The molecule has 82 heavy (non-hydrogen) atoms. The van der Waals surface area contributed by atoms with Crippen LogP contribution in [0.25, 0.3) is 10.9 Å². The van der Waals surface area contributed by atoms with E-state index in [9.17, 15) is 4.79 Å². The molecule has 0 spiro atoms. The fourth-order valence-corrected chi connectivity index (χ4v) is 10.8. The van der Waals surface area contributed by atoms with Gasteiger partial charge in [0.1, 0.15) is 54.7 Å². The van der Waals surface area contributed by atoms with Gasteiger partial charge in [0, 0.05) is 93.6 Å². The van der Waals surface area contributed by atoms with Crippen molar-refractivity contribution in [3.63, 3.8) is 0 Å². The molecule has 0 radical (unpaired) electrons. The topological polar surface area (TPSA) is 270 Å². The van der Waals surface area contributed by atoms with Crippen molar-refractivity contribution in [1.29, 1.82) is 0 Å². The molecular formula is C61H70ClN11O9. The van der Waals surface area contributed by atoms with Gasteiger partial charge in [-0.25, -0.2) is 4.79 Å². The van der Waals surface area contributed by atoms with Crippen molar-refractivity contribution in [3.8, 4) is 5.75 Å². The molecule has 3 saturated heterocycles. The first-order valence-corrected chi connectivity index (χ1v) is 28.2. The Hall–Kier alpha value is -8.30. The Bertz CT molecular complexity index is 3160. The van der Waals surface area contributed by atoms with E-state index in [1.165, 1.54) is 4.90 Å². The quantitative estimate of drug-likeness (QED) is 0.0638. The molecule has 0 aliphatic carbocycles. The molecule has 3 aliphatic rings. The van der Waals surface area contributed by atoms with E-state index in [1.807, 2.05) is 89.8 Å². The van der Waals surface area contributed by atoms with E-state index in [-0.39, 0.29) is 58.3 Å². The number of amides is 7. The Labute approximate surface area is 480 Å². The maximum absolute atomic E-state index is 15.5. The molecule has 4 heterocycles. The molecule has 10 N–H and O–H groups in total. The monoisotopic (exact) mass is 1140 g/mol. The van der Waals surface area contributed by atoms with E-state index < -0.39 is 83.9 Å². The standard InChI is InChI=1S/C61H70ClN11O9/c62-44-15-9-14-42(30-44)32-52-60(79)73-36-46(82-61(80)65-25-24-63)34-54(73)59(78)67-49(23-20-39-10-3-1-4-11-39)55(74)69-51(33-43-35-66-48-17-8-7-16-47(43)48)57(76)71-53(37-72-28-26-64-27-29-72)58(77)68-50(56(75)70-52)31-40-18-21-45(22-19-40)81-38-41-12-5-2-6-13-41/h1-19,21-22,30,35,46,49-54,64,66H,20,23-29,31-34,36-38,63H2,(H,65,80)(H,67,78)(H,68,77)(H,69,74)(H,70,75)(H,71,76)/t46-,49+,50+,51-,52+,53+,54+/m1/s1. The van der Waals surface area contributed by atoms with E-state index in [2.05, 4.69) is 42.2 Å². The lowest BCUT2D eigenvalue weighted by molar-refractivity contribution is -0.143. The lowest BCUT2D eigenvalue weighted by Gasteiger charge is -2.33. The van der Waals surface area contributed by atoms with Gasteiger partial charge in [0.25, 0.3) is 0 Å². The van der Waals surface area contributed by atoms with Gasteiger partial charge in [-0.15, -0.1) is 0 Å². The zero-order valence-electron chi connectivity index (χ0n) is 45.5. The van der Waals surface area contributed by atoms with E-state index >= 15 is 28.8 Å². The van der Waals surface area contributed by atoms with Crippen LogP contribution in [-0.2, 0) is 65.8 Å². The molecular weight excluding hydrogens is 1070 g/mol. The van der Waals surface area contributed by atoms with E-state index in [4.69, 9.17) is 26.8 Å². The number of hydrogen-bond donors (Lipinski definition) is 9. The summed E-state index contributed by atoms with van der Waals surface area (Å²) in [4.78, 5) is 111. The second-order valence-electron chi connectivity index (χ2n) is 20.9. The van der Waals surface area contributed by atoms with Gasteiger partial charge < -0.3 is 62.3 Å². The smallest absolute Gasteiger partial charge is 0.407 e. The number of piperazine rings is 1. The lowest BCUT2D eigenvalue weighted by atomic mass is 10.00. The molecule has 3 aliphatic heterocycles. The molecule has 0 saturated carbocycles. The second-order valence-corrected chi connectivity index (χ2v) is 21.3. The number of carbonyl (C=O) groups excluding carboxylic acids is 7. The van der Waals surface area contributed by atoms with Crippen LogP contribution in [0.3, 0.4) is 0 Å². The third kappa shape index (κ3) is 16.0. The van der Waals surface area contributed by atoms with Crippen molar-refractivity contribution >= 4 is 64.0 Å². The molecule has 21 heteroatoms. The zero-order chi connectivity index (χ0) is 57.4. The lowest BCUT2D eigenvalue weighted by Crippen LogP contribution is -2.63. The number of aromatic amines is 1. The molecule has 7 atom stereocenters. The minimum Gasteiger partial charge on any atom is -0.489 e. The number of para-hydroxylation sites is 1. The predicted molar refractivity (Wildman–Crippen MR) is 309 cm³/mol. The largest absolute Gasteiger partial charge is 0.489 e. The van der Waals surface area contributed by atoms with Crippen LogP contribution in [0.5, 0.6) is 5.75 Å². The summed E-state index contributed by atoms with van der Waals surface area (Å²) < 4.78 is 11.8. The number of H-pyrrole nitrogens is 1. The summed E-state index contributed by atoms with van der Waals surface area (Å²) in [6.07, 6.45) is -0.0730. The maximum Gasteiger partial charge on any atom is 0.407 e. The Morgan fingerprint density at radius 3 is 1.96 bits per heavy atom. The zero-order valence-corrected chi connectivity index (χ0v) is 46.2. The summed E-state index contributed by atoms with van der Waals surface area (Å²) in [6, 6.07) is 32.5. The van der Waals surface area contributed by atoms with E-state index in [0.717, 1.165) is 22.0 Å². The Balaban J connectivity index is 1.11. The SMILES string of the molecule is NCCNC(=O)O[C@@H]1C[C@H]2C(=O)N[C@@H](CCc3ccccc3)C(=O)N[C@H](Cc3c[nH]c4ccccc34)C(=O)N[C@@H](CN3CCNCC3)C(=O)N[C@@H](Cc3ccc(OCc4ccccc4)cc3)C(=O)N[C@@H](Cc3cccc(Cl)c3)C(=O)N2C1. The number of ether oxygens (including phenoxy) is 2. The average molecular weight is 1140 g/mol. The van der Waals surface area contributed by atoms with Crippen LogP contribution in [0.4, 0.5) is 4.79 Å². The van der Waals surface area contributed by atoms with Gasteiger partial charge in [0.05, 0.1) is 6.54 Å². The van der Waals surface area contributed by atoms with Gasteiger partial charge in [-0.3, -0.25) is 33.7 Å². The number of halogens is 1. The van der Waals surface area contributed by atoms with Crippen LogP contribution >= 0.6 is 11.6 Å². The number of rotatable bonds is 17. The summed E-state index contributed by atoms with van der Waals surface area (Å²) in [5.74, 6) is -3.69. The van der Waals surface area contributed by atoms with Crippen LogP contribution in [-0.4, -0.2) is 151 Å². The summed E-state index contributed by atoms with van der Waals surface area (Å²) in [7, 11) is 0. The highest BCUT2D eigenvalue weighted by atomic mass is 35.5. The highest BCUT2D eigenvalue weighted by molar-refractivity contribution is 6.30. The Kier molecular flexibility index (Phi) is 20.2. The van der Waals surface area contributed by atoms with Gasteiger partial charge in [-0.05, 0) is 71.0 Å². The molecule has 5 aromatic carbocycles. The fraction of sp³-hybridized carbons (Fsp3) is 0.361. The highest BCUT2D eigenvalue weighted by Gasteiger charge is 2.45. The van der Waals surface area contributed by atoms with Crippen LogP contribution in [0.15, 0.2) is 140 Å². The highest BCUT2D eigenvalue weighted by Crippen LogP contribution is 2.26. The molecule has 0 unspecified atom stereocenters. The van der Waals surface area contributed by atoms with Gasteiger partial charge in [0.2, 0.25) is 35.4 Å². The normalized spacial score (nSPS) is 22.4. The van der Waals surface area contributed by atoms with E-state index in [1.54, 1.807) is 54.7 Å². The fourth-order valence-electron chi connectivity index (χ4n) is 10.6. The Morgan fingerprint density at radius 1 is 0.634 bits per heavy atom. The molecule has 9 rings (SSSR count). The van der Waals surface area contributed by atoms with Crippen LogP contribution < -0.4 is 47.7 Å². The number of fused-ring (bicyclic) bond motifs is 2. The van der Waals surface area contributed by atoms with Crippen LogP contribution in [0, 0.1) is 0 Å². The molecule has 430 valence electrons. The third-order valence-corrected chi connectivity index (χ3v) is 15.2. The second kappa shape index (κ2) is 28.4. The first kappa shape index (κ1) is 58.4. The van der Waals surface area contributed by atoms with Crippen LogP contribution in [0.1, 0.15) is 40.7 Å². The number of benzene rings is 5. The minimum absolute atomic E-state index is 0.0246. The molecule has 1 aromatic heterocycles. The summed E-state index contributed by atoms with van der Waals surface area (Å²) >= 11 is 6.49. The number of aryl methyl sites for hydroxylation is 1. The molecule has 7 amide bonds. The first-order valence-electron chi connectivity index (χ1n) is 27.8. The number of nitrogens with two attached hydrogens (primary N) is 1. The van der Waals surface area contributed by atoms with Crippen LogP contribution in [0.2, 0.25) is 5.02 Å². The summed E-state index contributed by atoms with van der Waals surface area (Å²) in [6.45, 7) is 2.68. The van der Waals surface area contributed by atoms with E-state index in [0.29, 0.717) is 66.7 Å². The van der Waals surface area contributed by atoms with Crippen molar-refractivity contribution in [2.45, 2.75) is 87.5 Å². The van der Waals surface area contributed by atoms with Gasteiger partial charge in [-0.1, -0.05) is 115 Å². The number of nitrogens with zero attached hydrogens (tertiary/aromatic N) is 2. The minimum atomic E-state index is -1.39. The number of hydrogen-bond acceptors (Lipinski definition) is 12. The number of carbonyl (C=O) groups is 7. The van der Waals surface area contributed by atoms with Gasteiger partial charge in [0.15, 0.2) is 0 Å². The number of aromatic nitrogens is 1. The van der Waals surface area contributed by atoms with Crippen molar-refractivity contribution in [1.82, 2.24) is 52.0 Å². The number of alkyl carbamates (subject to hydrolysis) is 1. The maximum atomic E-state index is 15.5. The molecule has 6 aromatic rings. The van der Waals surface area contributed by atoms with Gasteiger partial charge >= 0.3 is 6.09 Å².